The average molecular weight is 244 g/mol. The Morgan fingerprint density at radius 2 is 2.08 bits per heavy atom. The fourth-order valence-electron chi connectivity index (χ4n) is 1.38. The number of hydrogen-bond acceptors (Lipinski definition) is 2. The molecule has 2 N–H and O–H groups in total. The molecule has 13 heavy (non-hydrogen) atoms. The van der Waals surface area contributed by atoms with Crippen LogP contribution in [0.3, 0.4) is 0 Å². The van der Waals surface area contributed by atoms with E-state index >= 15 is 0 Å². The number of hydrogen-bond donors (Lipinski definition) is 1. The number of methoxy groups -OCH3 is 1. The van der Waals surface area contributed by atoms with Crippen LogP contribution in [0.25, 0.3) is 0 Å². The molecule has 1 aromatic rings. The second kappa shape index (κ2) is 4.11. The standard InChI is InChI=1S/C10H14BrNO/c1-6-4-8(5-12)7(2)10(13-3)9(6)11/h4H,5,12H2,1-3H3. The molecule has 1 rings (SSSR count). The van der Waals surface area contributed by atoms with Gasteiger partial charge in [-0.25, -0.2) is 0 Å². The molecule has 0 fully saturated rings. The molecular formula is C10H14BrNO. The molecule has 0 radical (unpaired) electrons. The SMILES string of the molecule is COc1c(C)c(CN)cc(C)c1Br. The summed E-state index contributed by atoms with van der Waals surface area (Å²) >= 11 is 3.49. The lowest BCUT2D eigenvalue weighted by Crippen LogP contribution is -2.02. The van der Waals surface area contributed by atoms with Gasteiger partial charge in [-0.3, -0.25) is 0 Å². The van der Waals surface area contributed by atoms with Gasteiger partial charge in [0.15, 0.2) is 0 Å². The van der Waals surface area contributed by atoms with Crippen LogP contribution in [0.1, 0.15) is 16.7 Å². The third kappa shape index (κ3) is 1.86. The Labute approximate surface area is 87.2 Å². The Balaban J connectivity index is 3.39. The topological polar surface area (TPSA) is 35.2 Å². The first-order chi connectivity index (χ1) is 6.11. The van der Waals surface area contributed by atoms with Crippen molar-refractivity contribution < 1.29 is 4.74 Å². The van der Waals surface area contributed by atoms with Gasteiger partial charge in [-0.1, -0.05) is 6.07 Å². The van der Waals surface area contributed by atoms with E-state index in [0.717, 1.165) is 26.9 Å². The second-order valence-corrected chi connectivity index (χ2v) is 3.82. The van der Waals surface area contributed by atoms with E-state index in [9.17, 15) is 0 Å². The third-order valence-electron chi connectivity index (χ3n) is 2.18. The molecule has 0 bridgehead atoms. The summed E-state index contributed by atoms with van der Waals surface area (Å²) in [6.07, 6.45) is 0. The van der Waals surface area contributed by atoms with E-state index in [1.54, 1.807) is 7.11 Å². The summed E-state index contributed by atoms with van der Waals surface area (Å²) in [5, 5.41) is 0. The first-order valence-electron chi connectivity index (χ1n) is 4.14. The van der Waals surface area contributed by atoms with Crippen LogP contribution in [0.5, 0.6) is 5.75 Å². The minimum atomic E-state index is 0.552. The molecule has 0 aliphatic heterocycles. The van der Waals surface area contributed by atoms with Crippen molar-refractivity contribution in [2.24, 2.45) is 5.73 Å². The van der Waals surface area contributed by atoms with Gasteiger partial charge in [0, 0.05) is 6.54 Å². The third-order valence-corrected chi connectivity index (χ3v) is 3.17. The van der Waals surface area contributed by atoms with E-state index in [1.807, 2.05) is 13.8 Å². The van der Waals surface area contributed by atoms with E-state index < -0.39 is 0 Å². The lowest BCUT2D eigenvalue weighted by Gasteiger charge is -2.13. The summed E-state index contributed by atoms with van der Waals surface area (Å²) in [5.74, 6) is 0.889. The van der Waals surface area contributed by atoms with E-state index in [0.29, 0.717) is 6.54 Å². The van der Waals surface area contributed by atoms with Crippen LogP contribution in [-0.2, 0) is 6.54 Å². The maximum Gasteiger partial charge on any atom is 0.136 e. The van der Waals surface area contributed by atoms with Crippen LogP contribution >= 0.6 is 15.9 Å². The predicted molar refractivity (Wildman–Crippen MR) is 58.1 cm³/mol. The monoisotopic (exact) mass is 243 g/mol. The molecule has 3 heteroatoms. The van der Waals surface area contributed by atoms with E-state index in [1.165, 1.54) is 0 Å². The lowest BCUT2D eigenvalue weighted by molar-refractivity contribution is 0.408. The fourth-order valence-corrected chi connectivity index (χ4v) is 1.95. The predicted octanol–water partition coefficient (Wildman–Crippen LogP) is 2.53. The van der Waals surface area contributed by atoms with Crippen molar-refractivity contribution >= 4 is 15.9 Å². The number of ether oxygens (including phenoxy) is 1. The van der Waals surface area contributed by atoms with Gasteiger partial charge in [-0.2, -0.15) is 0 Å². The van der Waals surface area contributed by atoms with Crippen LogP contribution in [0.15, 0.2) is 10.5 Å². The van der Waals surface area contributed by atoms with Crippen molar-refractivity contribution in [1.82, 2.24) is 0 Å². The minimum Gasteiger partial charge on any atom is -0.495 e. The molecule has 0 spiro atoms. The zero-order chi connectivity index (χ0) is 10.0. The molecule has 1 aromatic carbocycles. The molecule has 0 atom stereocenters. The highest BCUT2D eigenvalue weighted by molar-refractivity contribution is 9.10. The Morgan fingerprint density at radius 3 is 2.54 bits per heavy atom. The van der Waals surface area contributed by atoms with Gasteiger partial charge in [0.1, 0.15) is 5.75 Å². The molecule has 0 saturated carbocycles. The van der Waals surface area contributed by atoms with Gasteiger partial charge in [0.2, 0.25) is 0 Å². The van der Waals surface area contributed by atoms with Crippen LogP contribution in [0, 0.1) is 13.8 Å². The van der Waals surface area contributed by atoms with E-state index in [-0.39, 0.29) is 0 Å². The smallest absolute Gasteiger partial charge is 0.136 e. The van der Waals surface area contributed by atoms with Crippen molar-refractivity contribution in [2.45, 2.75) is 20.4 Å². The van der Waals surface area contributed by atoms with Crippen molar-refractivity contribution in [3.8, 4) is 5.75 Å². The number of benzene rings is 1. The van der Waals surface area contributed by atoms with Gasteiger partial charge in [0.25, 0.3) is 0 Å². The largest absolute Gasteiger partial charge is 0.495 e. The Morgan fingerprint density at radius 1 is 1.46 bits per heavy atom. The molecule has 0 aliphatic rings. The fraction of sp³-hybridized carbons (Fsp3) is 0.400. The Bertz CT molecular complexity index is 323. The summed E-state index contributed by atoms with van der Waals surface area (Å²) in [6.45, 7) is 4.60. The van der Waals surface area contributed by atoms with Gasteiger partial charge < -0.3 is 10.5 Å². The number of rotatable bonds is 2. The Hall–Kier alpha value is -0.540. The van der Waals surface area contributed by atoms with Gasteiger partial charge in [0.05, 0.1) is 11.6 Å². The molecule has 0 saturated heterocycles. The highest BCUT2D eigenvalue weighted by Crippen LogP contribution is 2.33. The number of nitrogens with two attached hydrogens (primary N) is 1. The second-order valence-electron chi connectivity index (χ2n) is 3.03. The Kier molecular flexibility index (Phi) is 3.33. The summed E-state index contributed by atoms with van der Waals surface area (Å²) in [7, 11) is 1.67. The average Bonchev–Trinajstić information content (AvgIpc) is 2.12. The molecule has 0 heterocycles. The maximum atomic E-state index is 5.62. The van der Waals surface area contributed by atoms with Crippen molar-refractivity contribution in [2.75, 3.05) is 7.11 Å². The summed E-state index contributed by atoms with van der Waals surface area (Å²) in [6, 6.07) is 2.09. The molecule has 0 amide bonds. The first-order valence-corrected chi connectivity index (χ1v) is 4.93. The molecular weight excluding hydrogens is 230 g/mol. The molecule has 2 nitrogen and oxygen atoms in total. The van der Waals surface area contributed by atoms with Gasteiger partial charge in [-0.15, -0.1) is 0 Å². The van der Waals surface area contributed by atoms with Crippen LogP contribution < -0.4 is 10.5 Å². The van der Waals surface area contributed by atoms with Crippen LogP contribution in [-0.4, -0.2) is 7.11 Å². The maximum absolute atomic E-state index is 5.62. The summed E-state index contributed by atoms with van der Waals surface area (Å²) < 4.78 is 6.31. The molecule has 0 aliphatic carbocycles. The van der Waals surface area contributed by atoms with Crippen molar-refractivity contribution in [1.29, 1.82) is 0 Å². The number of aryl methyl sites for hydroxylation is 1. The lowest BCUT2D eigenvalue weighted by atomic mass is 10.0. The number of halogens is 1. The molecule has 0 unspecified atom stereocenters. The minimum absolute atomic E-state index is 0.552. The van der Waals surface area contributed by atoms with Crippen LogP contribution in [0.2, 0.25) is 0 Å². The van der Waals surface area contributed by atoms with E-state index in [2.05, 4.69) is 22.0 Å². The van der Waals surface area contributed by atoms with Gasteiger partial charge >= 0.3 is 0 Å². The summed E-state index contributed by atoms with van der Waals surface area (Å²) in [5.41, 5.74) is 9.03. The molecule has 72 valence electrons. The molecule has 0 aromatic heterocycles. The quantitative estimate of drug-likeness (QED) is 0.867. The van der Waals surface area contributed by atoms with Crippen molar-refractivity contribution in [3.63, 3.8) is 0 Å². The first kappa shape index (κ1) is 10.5. The highest BCUT2D eigenvalue weighted by atomic mass is 79.9. The normalized spacial score (nSPS) is 10.2. The highest BCUT2D eigenvalue weighted by Gasteiger charge is 2.10. The zero-order valence-corrected chi connectivity index (χ0v) is 9.73. The zero-order valence-electron chi connectivity index (χ0n) is 8.15. The van der Waals surface area contributed by atoms with Crippen molar-refractivity contribution in [3.05, 3.63) is 27.2 Å². The van der Waals surface area contributed by atoms with Gasteiger partial charge in [-0.05, 0) is 46.5 Å². The van der Waals surface area contributed by atoms with E-state index in [4.69, 9.17) is 10.5 Å². The summed E-state index contributed by atoms with van der Waals surface area (Å²) in [4.78, 5) is 0. The van der Waals surface area contributed by atoms with Crippen LogP contribution in [0.4, 0.5) is 0 Å².